The van der Waals surface area contributed by atoms with Crippen LogP contribution in [0.1, 0.15) is 11.1 Å². The van der Waals surface area contributed by atoms with Crippen LogP contribution in [0.5, 0.6) is 0 Å². The Kier molecular flexibility index (Phi) is 5.39. The van der Waals surface area contributed by atoms with Crippen LogP contribution in [0.2, 0.25) is 0 Å². The van der Waals surface area contributed by atoms with Gasteiger partial charge in [0.05, 0.1) is 10.5 Å². The van der Waals surface area contributed by atoms with Gasteiger partial charge in [0.15, 0.2) is 0 Å². The highest BCUT2D eigenvalue weighted by Gasteiger charge is 2.30. The zero-order chi connectivity index (χ0) is 21.0. The molecule has 0 spiro atoms. The number of nitro groups is 1. The Labute approximate surface area is 160 Å². The number of nitro benzene ring substituents is 1. The molecule has 0 atom stereocenters. The SMILES string of the molecule is O=C(/C=C/c1cccc([N+](=O)[O-])c1)Nc1nnc(-c2ccc(C(F)(F)F)cc2)o1. The van der Waals surface area contributed by atoms with Crippen molar-refractivity contribution in [1.82, 2.24) is 10.2 Å². The number of rotatable bonds is 5. The van der Waals surface area contributed by atoms with Crippen LogP contribution in [-0.2, 0) is 11.0 Å². The number of aromatic nitrogens is 2. The van der Waals surface area contributed by atoms with Gasteiger partial charge in [-0.1, -0.05) is 17.2 Å². The first-order valence-corrected chi connectivity index (χ1v) is 7.97. The third kappa shape index (κ3) is 5.03. The van der Waals surface area contributed by atoms with Crippen LogP contribution in [0, 0.1) is 10.1 Å². The van der Waals surface area contributed by atoms with E-state index in [1.54, 1.807) is 6.07 Å². The molecule has 0 saturated carbocycles. The van der Waals surface area contributed by atoms with E-state index in [1.807, 2.05) is 0 Å². The minimum atomic E-state index is -4.46. The van der Waals surface area contributed by atoms with Gasteiger partial charge in [-0.3, -0.25) is 20.2 Å². The summed E-state index contributed by atoms with van der Waals surface area (Å²) in [5, 5.41) is 20.3. The number of halogens is 3. The van der Waals surface area contributed by atoms with Crippen molar-refractivity contribution in [3.63, 3.8) is 0 Å². The quantitative estimate of drug-likeness (QED) is 0.385. The molecule has 11 heteroatoms. The molecule has 1 N–H and O–H groups in total. The molecule has 0 fully saturated rings. The summed E-state index contributed by atoms with van der Waals surface area (Å²) in [6.07, 6.45) is -1.99. The van der Waals surface area contributed by atoms with E-state index in [-0.39, 0.29) is 23.2 Å². The van der Waals surface area contributed by atoms with E-state index < -0.39 is 22.6 Å². The van der Waals surface area contributed by atoms with E-state index in [2.05, 4.69) is 15.5 Å². The number of hydrogen-bond donors (Lipinski definition) is 1. The van der Waals surface area contributed by atoms with Crippen molar-refractivity contribution in [2.24, 2.45) is 0 Å². The maximum Gasteiger partial charge on any atom is 0.416 e. The Morgan fingerprint density at radius 2 is 1.86 bits per heavy atom. The van der Waals surface area contributed by atoms with E-state index in [9.17, 15) is 28.1 Å². The fourth-order valence-electron chi connectivity index (χ4n) is 2.25. The first-order chi connectivity index (χ1) is 13.7. The molecular formula is C18H11F3N4O4. The van der Waals surface area contributed by atoms with Crippen molar-refractivity contribution in [3.05, 3.63) is 75.8 Å². The van der Waals surface area contributed by atoms with Crippen LogP contribution in [0.4, 0.5) is 24.9 Å². The summed E-state index contributed by atoms with van der Waals surface area (Å²) >= 11 is 0. The number of non-ortho nitro benzene ring substituents is 1. The maximum atomic E-state index is 12.6. The molecule has 1 amide bonds. The minimum absolute atomic E-state index is 0.0725. The largest absolute Gasteiger partial charge is 0.416 e. The Balaban J connectivity index is 1.66. The van der Waals surface area contributed by atoms with Gasteiger partial charge in [0.2, 0.25) is 5.89 Å². The molecule has 0 bridgehead atoms. The number of amides is 1. The lowest BCUT2D eigenvalue weighted by molar-refractivity contribution is -0.384. The number of nitrogens with zero attached hydrogens (tertiary/aromatic N) is 3. The fraction of sp³-hybridized carbons (Fsp3) is 0.0556. The molecule has 1 heterocycles. The summed E-state index contributed by atoms with van der Waals surface area (Å²) in [5.74, 6) is -0.712. The molecule has 0 aliphatic rings. The average molecular weight is 404 g/mol. The molecule has 0 aliphatic heterocycles. The van der Waals surface area contributed by atoms with Crippen molar-refractivity contribution >= 4 is 23.7 Å². The number of alkyl halides is 3. The van der Waals surface area contributed by atoms with Gasteiger partial charge in [-0.15, -0.1) is 5.10 Å². The lowest BCUT2D eigenvalue weighted by Gasteiger charge is -2.05. The van der Waals surface area contributed by atoms with E-state index in [4.69, 9.17) is 4.42 Å². The fourth-order valence-corrected chi connectivity index (χ4v) is 2.25. The summed E-state index contributed by atoms with van der Waals surface area (Å²) in [5.41, 5.74) is -0.255. The Bertz CT molecular complexity index is 1080. The van der Waals surface area contributed by atoms with Crippen LogP contribution in [0.15, 0.2) is 59.0 Å². The van der Waals surface area contributed by atoms with Crippen molar-refractivity contribution in [2.75, 3.05) is 5.32 Å². The van der Waals surface area contributed by atoms with Crippen LogP contribution in [-0.4, -0.2) is 21.0 Å². The highest BCUT2D eigenvalue weighted by atomic mass is 19.4. The molecule has 3 aromatic rings. The second kappa shape index (κ2) is 7.92. The second-order valence-corrected chi connectivity index (χ2v) is 5.66. The number of carbonyl (C=O) groups is 1. The highest BCUT2D eigenvalue weighted by Crippen LogP contribution is 2.30. The molecule has 148 valence electrons. The van der Waals surface area contributed by atoms with Crippen LogP contribution in [0.3, 0.4) is 0 Å². The normalized spacial score (nSPS) is 11.6. The predicted octanol–water partition coefficient (Wildman–Crippen LogP) is 4.32. The smallest absolute Gasteiger partial charge is 0.403 e. The number of carbonyl (C=O) groups excluding carboxylic acids is 1. The topological polar surface area (TPSA) is 111 Å². The summed E-state index contributed by atoms with van der Waals surface area (Å²) < 4.78 is 43.0. The van der Waals surface area contributed by atoms with Crippen LogP contribution < -0.4 is 5.32 Å². The van der Waals surface area contributed by atoms with Crippen LogP contribution in [0.25, 0.3) is 17.5 Å². The van der Waals surface area contributed by atoms with Gasteiger partial charge < -0.3 is 4.42 Å². The summed E-state index contributed by atoms with van der Waals surface area (Å²) in [7, 11) is 0. The zero-order valence-corrected chi connectivity index (χ0v) is 14.4. The first kappa shape index (κ1) is 19.7. The lowest BCUT2D eigenvalue weighted by atomic mass is 10.1. The minimum Gasteiger partial charge on any atom is -0.403 e. The van der Waals surface area contributed by atoms with E-state index in [0.717, 1.165) is 18.2 Å². The van der Waals surface area contributed by atoms with Crippen molar-refractivity contribution in [2.45, 2.75) is 6.18 Å². The molecule has 8 nitrogen and oxygen atoms in total. The monoisotopic (exact) mass is 404 g/mol. The average Bonchev–Trinajstić information content (AvgIpc) is 3.14. The molecule has 0 unspecified atom stereocenters. The van der Waals surface area contributed by atoms with Gasteiger partial charge >= 0.3 is 12.2 Å². The molecule has 1 aromatic heterocycles. The van der Waals surface area contributed by atoms with Gasteiger partial charge in [-0.05, 0) is 35.9 Å². The molecule has 0 radical (unpaired) electrons. The lowest BCUT2D eigenvalue weighted by Crippen LogP contribution is -2.07. The summed E-state index contributed by atoms with van der Waals surface area (Å²) in [4.78, 5) is 22.1. The highest BCUT2D eigenvalue weighted by molar-refractivity contribution is 6.00. The molecule has 0 saturated heterocycles. The Morgan fingerprint density at radius 3 is 2.52 bits per heavy atom. The number of benzene rings is 2. The van der Waals surface area contributed by atoms with E-state index in [0.29, 0.717) is 5.56 Å². The molecular weight excluding hydrogens is 393 g/mol. The molecule has 29 heavy (non-hydrogen) atoms. The Morgan fingerprint density at radius 1 is 1.14 bits per heavy atom. The van der Waals surface area contributed by atoms with Gasteiger partial charge in [-0.25, -0.2) is 0 Å². The second-order valence-electron chi connectivity index (χ2n) is 5.66. The number of hydrogen-bond acceptors (Lipinski definition) is 6. The van der Waals surface area contributed by atoms with Crippen molar-refractivity contribution in [1.29, 1.82) is 0 Å². The van der Waals surface area contributed by atoms with Crippen LogP contribution >= 0.6 is 0 Å². The van der Waals surface area contributed by atoms with Gasteiger partial charge in [-0.2, -0.15) is 13.2 Å². The number of nitrogens with one attached hydrogen (secondary N) is 1. The standard InChI is InChI=1S/C18H11F3N4O4/c19-18(20,21)13-7-5-12(6-8-13)16-23-24-17(29-16)22-15(26)9-4-11-2-1-3-14(10-11)25(27)28/h1-10H,(H,22,24,26)/b9-4+. The maximum absolute atomic E-state index is 12.6. The van der Waals surface area contributed by atoms with E-state index in [1.165, 1.54) is 36.4 Å². The summed E-state index contributed by atoms with van der Waals surface area (Å²) in [6.45, 7) is 0. The Hall–Kier alpha value is -4.02. The first-order valence-electron chi connectivity index (χ1n) is 7.97. The summed E-state index contributed by atoms with van der Waals surface area (Å²) in [6, 6.07) is 9.50. The predicted molar refractivity (Wildman–Crippen MR) is 95.5 cm³/mol. The number of anilines is 1. The molecule has 3 rings (SSSR count). The van der Waals surface area contributed by atoms with Crippen molar-refractivity contribution in [3.8, 4) is 11.5 Å². The molecule has 0 aliphatic carbocycles. The third-order valence-corrected chi connectivity index (χ3v) is 3.62. The van der Waals surface area contributed by atoms with Gasteiger partial charge in [0.1, 0.15) is 0 Å². The molecule has 2 aromatic carbocycles. The van der Waals surface area contributed by atoms with Gasteiger partial charge in [0, 0.05) is 23.8 Å². The zero-order valence-electron chi connectivity index (χ0n) is 14.4. The van der Waals surface area contributed by atoms with Gasteiger partial charge in [0.25, 0.3) is 11.6 Å². The third-order valence-electron chi connectivity index (χ3n) is 3.62. The van der Waals surface area contributed by atoms with E-state index >= 15 is 0 Å². The van der Waals surface area contributed by atoms with Crippen molar-refractivity contribution < 1.29 is 27.3 Å².